The highest BCUT2D eigenvalue weighted by atomic mass is 32.2. The van der Waals surface area contributed by atoms with Crippen LogP contribution in [0.15, 0.2) is 59.5 Å². The van der Waals surface area contributed by atoms with Gasteiger partial charge in [-0.05, 0) is 57.4 Å². The third kappa shape index (κ3) is 3.92. The summed E-state index contributed by atoms with van der Waals surface area (Å²) in [6, 6.07) is 14.3. The number of carbonyl (C=O) groups is 1. The van der Waals surface area contributed by atoms with Crippen molar-refractivity contribution in [3.8, 4) is 0 Å². The molecule has 1 heterocycles. The van der Waals surface area contributed by atoms with Crippen LogP contribution in [0.3, 0.4) is 0 Å². The maximum Gasteiger partial charge on any atom is 0.494 e. The molecule has 0 unspecified atom stereocenters. The van der Waals surface area contributed by atoms with Crippen molar-refractivity contribution < 1.29 is 22.5 Å². The molecule has 1 N–H and O–H groups in total. The van der Waals surface area contributed by atoms with Crippen molar-refractivity contribution in [2.24, 2.45) is 0 Å². The molecule has 0 saturated carbocycles. The van der Waals surface area contributed by atoms with Crippen LogP contribution >= 0.6 is 0 Å². The fourth-order valence-electron chi connectivity index (χ4n) is 2.61. The summed E-state index contributed by atoms with van der Waals surface area (Å²) in [6.45, 7) is 7.80. The van der Waals surface area contributed by atoms with Crippen LogP contribution in [0.2, 0.25) is 0 Å². The van der Waals surface area contributed by atoms with Gasteiger partial charge in [-0.15, -0.1) is 0 Å². The predicted octanol–water partition coefficient (Wildman–Crippen LogP) is 2.10. The molecule has 2 aromatic carbocycles. The summed E-state index contributed by atoms with van der Waals surface area (Å²) in [4.78, 5) is 12.1. The van der Waals surface area contributed by atoms with Crippen molar-refractivity contribution in [1.82, 2.24) is 4.72 Å². The number of amides is 1. The molecule has 0 radical (unpaired) electrons. The third-order valence-electron chi connectivity index (χ3n) is 4.98. The molecule has 2 aromatic rings. The van der Waals surface area contributed by atoms with E-state index in [9.17, 15) is 13.2 Å². The standard InChI is InChI=1S/C19H22BNO5S/c1-18(2)19(3,4)26-20(25-18)15-10-12-16(13-11-15)27(23,24)21-17(22)14-8-6-5-7-9-14/h5-13H,1-4H3,(H,21,22). The average Bonchev–Trinajstić information content (AvgIpc) is 2.83. The Bertz CT molecular complexity index is 924. The molecule has 8 heteroatoms. The molecule has 0 spiro atoms. The van der Waals surface area contributed by atoms with Crippen LogP contribution in [-0.4, -0.2) is 32.6 Å². The zero-order chi connectivity index (χ0) is 19.9. The summed E-state index contributed by atoms with van der Waals surface area (Å²) in [5.41, 5.74) is 0.0231. The monoisotopic (exact) mass is 387 g/mol. The Hall–Kier alpha value is -2.16. The van der Waals surface area contributed by atoms with Gasteiger partial charge in [0, 0.05) is 5.56 Å². The van der Waals surface area contributed by atoms with Gasteiger partial charge in [-0.3, -0.25) is 4.79 Å². The summed E-state index contributed by atoms with van der Waals surface area (Å²) in [5.74, 6) is -0.675. The molecule has 0 aliphatic carbocycles. The maximum absolute atomic E-state index is 12.5. The molecular formula is C19H22BNO5S. The Morgan fingerprint density at radius 1 is 0.889 bits per heavy atom. The Labute approximate surface area is 160 Å². The second-order valence-electron chi connectivity index (χ2n) is 7.46. The van der Waals surface area contributed by atoms with Crippen LogP contribution in [-0.2, 0) is 19.3 Å². The van der Waals surface area contributed by atoms with E-state index in [0.29, 0.717) is 5.46 Å². The largest absolute Gasteiger partial charge is 0.494 e. The van der Waals surface area contributed by atoms with Crippen LogP contribution in [0.25, 0.3) is 0 Å². The molecule has 0 bridgehead atoms. The number of benzene rings is 2. The molecule has 0 atom stereocenters. The first-order valence-corrected chi connectivity index (χ1v) is 10.1. The van der Waals surface area contributed by atoms with Gasteiger partial charge in [0.1, 0.15) is 0 Å². The van der Waals surface area contributed by atoms with Crippen molar-refractivity contribution in [1.29, 1.82) is 0 Å². The summed E-state index contributed by atoms with van der Waals surface area (Å²) in [6.07, 6.45) is 0. The summed E-state index contributed by atoms with van der Waals surface area (Å²) >= 11 is 0. The molecule has 1 aliphatic heterocycles. The minimum atomic E-state index is -3.97. The Balaban J connectivity index is 1.76. The minimum absolute atomic E-state index is 0.00736. The van der Waals surface area contributed by atoms with E-state index >= 15 is 0 Å². The lowest BCUT2D eigenvalue weighted by Gasteiger charge is -2.32. The highest BCUT2D eigenvalue weighted by molar-refractivity contribution is 7.90. The highest BCUT2D eigenvalue weighted by Crippen LogP contribution is 2.36. The van der Waals surface area contributed by atoms with Crippen molar-refractivity contribution in [2.75, 3.05) is 0 Å². The first-order valence-electron chi connectivity index (χ1n) is 8.60. The number of rotatable bonds is 4. The van der Waals surface area contributed by atoms with Crippen LogP contribution < -0.4 is 10.2 Å². The van der Waals surface area contributed by atoms with E-state index in [1.54, 1.807) is 42.5 Å². The van der Waals surface area contributed by atoms with Gasteiger partial charge in [-0.2, -0.15) is 0 Å². The van der Waals surface area contributed by atoms with Crippen LogP contribution in [0.4, 0.5) is 0 Å². The van der Waals surface area contributed by atoms with E-state index in [1.165, 1.54) is 12.1 Å². The van der Waals surface area contributed by atoms with E-state index < -0.39 is 34.3 Å². The zero-order valence-electron chi connectivity index (χ0n) is 15.7. The van der Waals surface area contributed by atoms with E-state index in [1.807, 2.05) is 27.7 Å². The molecule has 142 valence electrons. The molecule has 1 aliphatic rings. The van der Waals surface area contributed by atoms with Crippen molar-refractivity contribution >= 4 is 28.5 Å². The van der Waals surface area contributed by atoms with E-state index in [4.69, 9.17) is 9.31 Å². The molecule has 1 fully saturated rings. The summed E-state index contributed by atoms with van der Waals surface area (Å²) < 4.78 is 38.9. The Morgan fingerprint density at radius 2 is 1.41 bits per heavy atom. The SMILES string of the molecule is CC1(C)OB(c2ccc(S(=O)(=O)NC(=O)c3ccccc3)cc2)OC1(C)C. The zero-order valence-corrected chi connectivity index (χ0v) is 16.5. The molecule has 6 nitrogen and oxygen atoms in total. The first-order chi connectivity index (χ1) is 12.5. The van der Waals surface area contributed by atoms with Crippen LogP contribution in [0.1, 0.15) is 38.1 Å². The van der Waals surface area contributed by atoms with E-state index in [-0.39, 0.29) is 10.5 Å². The highest BCUT2D eigenvalue weighted by Gasteiger charge is 2.51. The number of sulfonamides is 1. The quantitative estimate of drug-likeness (QED) is 0.813. The van der Waals surface area contributed by atoms with Crippen molar-refractivity contribution in [3.05, 3.63) is 60.2 Å². The maximum atomic E-state index is 12.5. The van der Waals surface area contributed by atoms with Crippen molar-refractivity contribution in [3.63, 3.8) is 0 Å². The Kier molecular flexibility index (Phi) is 4.92. The molecule has 1 saturated heterocycles. The summed E-state index contributed by atoms with van der Waals surface area (Å²) in [7, 11) is -4.55. The van der Waals surface area contributed by atoms with E-state index in [0.717, 1.165) is 0 Å². The molecule has 0 aromatic heterocycles. The van der Waals surface area contributed by atoms with Gasteiger partial charge >= 0.3 is 7.12 Å². The van der Waals surface area contributed by atoms with Crippen LogP contribution in [0, 0.1) is 0 Å². The average molecular weight is 387 g/mol. The normalized spacial score (nSPS) is 18.3. The van der Waals surface area contributed by atoms with Gasteiger partial charge < -0.3 is 9.31 Å². The van der Waals surface area contributed by atoms with Gasteiger partial charge in [0.15, 0.2) is 0 Å². The van der Waals surface area contributed by atoms with Gasteiger partial charge in [0.2, 0.25) is 0 Å². The number of hydrogen-bond donors (Lipinski definition) is 1. The first kappa shape index (κ1) is 19.6. The van der Waals surface area contributed by atoms with Crippen molar-refractivity contribution in [2.45, 2.75) is 43.8 Å². The molecule has 1 amide bonds. The second-order valence-corrected chi connectivity index (χ2v) is 9.14. The number of carbonyl (C=O) groups excluding carboxylic acids is 1. The number of nitrogens with one attached hydrogen (secondary N) is 1. The Morgan fingerprint density at radius 3 is 1.93 bits per heavy atom. The smallest absolute Gasteiger partial charge is 0.399 e. The van der Waals surface area contributed by atoms with Crippen LogP contribution in [0.5, 0.6) is 0 Å². The molecular weight excluding hydrogens is 365 g/mol. The topological polar surface area (TPSA) is 81.7 Å². The lowest BCUT2D eigenvalue weighted by atomic mass is 9.79. The fraction of sp³-hybridized carbons (Fsp3) is 0.316. The lowest BCUT2D eigenvalue weighted by Crippen LogP contribution is -2.41. The van der Waals surface area contributed by atoms with E-state index in [2.05, 4.69) is 4.72 Å². The van der Waals surface area contributed by atoms with Gasteiger partial charge in [0.05, 0.1) is 16.1 Å². The third-order valence-corrected chi connectivity index (χ3v) is 6.33. The van der Waals surface area contributed by atoms with Gasteiger partial charge in [-0.1, -0.05) is 30.3 Å². The minimum Gasteiger partial charge on any atom is -0.399 e. The predicted molar refractivity (Wildman–Crippen MR) is 103 cm³/mol. The van der Waals surface area contributed by atoms with Gasteiger partial charge in [-0.25, -0.2) is 13.1 Å². The second kappa shape index (κ2) is 6.78. The lowest BCUT2D eigenvalue weighted by molar-refractivity contribution is 0.00578. The molecule has 27 heavy (non-hydrogen) atoms. The molecule has 3 rings (SSSR count). The fourth-order valence-corrected chi connectivity index (χ4v) is 3.59. The summed E-state index contributed by atoms with van der Waals surface area (Å²) in [5, 5.41) is 0. The van der Waals surface area contributed by atoms with Gasteiger partial charge in [0.25, 0.3) is 15.9 Å². The number of hydrogen-bond acceptors (Lipinski definition) is 5.